The van der Waals surface area contributed by atoms with Crippen LogP contribution in [0.1, 0.15) is 25.8 Å². The van der Waals surface area contributed by atoms with Crippen LogP contribution in [0, 0.1) is 0 Å². The van der Waals surface area contributed by atoms with E-state index in [-0.39, 0.29) is 6.42 Å². The predicted molar refractivity (Wildman–Crippen MR) is 75.2 cm³/mol. The molecule has 0 spiro atoms. The van der Waals surface area contributed by atoms with E-state index in [0.717, 1.165) is 17.1 Å². The smallest absolute Gasteiger partial charge is 0.304 e. The van der Waals surface area contributed by atoms with Gasteiger partial charge in [0.1, 0.15) is 13.2 Å². The van der Waals surface area contributed by atoms with Crippen molar-refractivity contribution >= 4 is 5.97 Å². The highest BCUT2D eigenvalue weighted by molar-refractivity contribution is 5.66. The number of ether oxygens (including phenoxy) is 2. The monoisotopic (exact) mass is 279 g/mol. The van der Waals surface area contributed by atoms with Crippen LogP contribution in [0.3, 0.4) is 0 Å². The van der Waals surface area contributed by atoms with Crippen molar-refractivity contribution in [3.05, 3.63) is 23.8 Å². The number of aliphatic carboxylic acids is 1. The highest BCUT2D eigenvalue weighted by atomic mass is 16.6. The molecular weight excluding hydrogens is 258 g/mol. The minimum absolute atomic E-state index is 0.155. The van der Waals surface area contributed by atoms with Crippen LogP contribution in [0.2, 0.25) is 0 Å². The minimum atomic E-state index is -0.766. The quantitative estimate of drug-likeness (QED) is 0.864. The van der Waals surface area contributed by atoms with E-state index in [9.17, 15) is 4.79 Å². The van der Waals surface area contributed by atoms with Crippen LogP contribution < -0.4 is 9.47 Å². The van der Waals surface area contributed by atoms with Gasteiger partial charge in [-0.15, -0.1) is 0 Å². The van der Waals surface area contributed by atoms with E-state index in [2.05, 4.69) is 18.7 Å². The minimum Gasteiger partial charge on any atom is -0.486 e. The molecule has 1 aliphatic heterocycles. The number of hydrogen-bond donors (Lipinski definition) is 1. The molecule has 0 aromatic heterocycles. The maximum absolute atomic E-state index is 10.7. The van der Waals surface area contributed by atoms with Gasteiger partial charge in [-0.2, -0.15) is 0 Å². The van der Waals surface area contributed by atoms with Gasteiger partial charge in [-0.1, -0.05) is 6.07 Å². The van der Waals surface area contributed by atoms with Crippen molar-refractivity contribution in [1.29, 1.82) is 0 Å². The average Bonchev–Trinajstić information content (AvgIpc) is 2.42. The van der Waals surface area contributed by atoms with Crippen LogP contribution in [-0.4, -0.2) is 41.8 Å². The summed E-state index contributed by atoms with van der Waals surface area (Å²) in [5, 5.41) is 8.81. The first-order valence-corrected chi connectivity index (χ1v) is 6.90. The van der Waals surface area contributed by atoms with Crippen LogP contribution in [0.25, 0.3) is 0 Å². The van der Waals surface area contributed by atoms with Crippen molar-refractivity contribution in [2.75, 3.05) is 19.8 Å². The molecule has 20 heavy (non-hydrogen) atoms. The number of carboxylic acids is 1. The Morgan fingerprint density at radius 1 is 1.30 bits per heavy atom. The topological polar surface area (TPSA) is 59.0 Å². The Morgan fingerprint density at radius 3 is 2.65 bits per heavy atom. The third kappa shape index (κ3) is 3.87. The highest BCUT2D eigenvalue weighted by Gasteiger charge is 2.15. The number of carboxylic acid groups (broad SMARTS) is 1. The standard InChI is InChI=1S/C15H21NO4/c1-11(2)16(6-5-15(17)18)10-12-3-4-13-14(9-12)20-8-7-19-13/h3-4,9,11H,5-8,10H2,1-2H3,(H,17,18). The zero-order valence-corrected chi connectivity index (χ0v) is 12.0. The molecule has 0 atom stereocenters. The largest absolute Gasteiger partial charge is 0.486 e. The third-order valence-corrected chi connectivity index (χ3v) is 3.34. The summed E-state index contributed by atoms with van der Waals surface area (Å²) >= 11 is 0. The van der Waals surface area contributed by atoms with E-state index < -0.39 is 5.97 Å². The Bertz CT molecular complexity index is 473. The molecule has 0 saturated carbocycles. The fourth-order valence-electron chi connectivity index (χ4n) is 2.18. The Kier molecular flexibility index (Phi) is 4.84. The van der Waals surface area contributed by atoms with E-state index >= 15 is 0 Å². The molecule has 1 aromatic rings. The normalized spacial score (nSPS) is 13.8. The molecule has 1 aromatic carbocycles. The van der Waals surface area contributed by atoms with Crippen LogP contribution in [-0.2, 0) is 11.3 Å². The number of benzene rings is 1. The maximum Gasteiger partial charge on any atom is 0.304 e. The number of carbonyl (C=O) groups is 1. The Hall–Kier alpha value is -1.75. The second-order valence-electron chi connectivity index (χ2n) is 5.19. The number of rotatable bonds is 6. The molecule has 1 N–H and O–H groups in total. The molecule has 0 aliphatic carbocycles. The van der Waals surface area contributed by atoms with Crippen LogP contribution in [0.4, 0.5) is 0 Å². The van der Waals surface area contributed by atoms with Crippen molar-refractivity contribution in [1.82, 2.24) is 4.90 Å². The van der Waals surface area contributed by atoms with Gasteiger partial charge in [0.05, 0.1) is 6.42 Å². The second kappa shape index (κ2) is 6.61. The summed E-state index contributed by atoms with van der Waals surface area (Å²) in [6.07, 6.45) is 0.155. The molecule has 0 amide bonds. The molecule has 5 nitrogen and oxygen atoms in total. The maximum atomic E-state index is 10.7. The Morgan fingerprint density at radius 2 is 2.00 bits per heavy atom. The van der Waals surface area contributed by atoms with Gasteiger partial charge in [0.25, 0.3) is 0 Å². The fourth-order valence-corrected chi connectivity index (χ4v) is 2.18. The number of nitrogens with zero attached hydrogens (tertiary/aromatic N) is 1. The summed E-state index contributed by atoms with van der Waals surface area (Å²) in [5.41, 5.74) is 1.10. The lowest BCUT2D eigenvalue weighted by Crippen LogP contribution is -2.32. The summed E-state index contributed by atoms with van der Waals surface area (Å²) < 4.78 is 11.1. The summed E-state index contributed by atoms with van der Waals surface area (Å²) in [7, 11) is 0. The van der Waals surface area contributed by atoms with E-state index in [1.54, 1.807) is 0 Å². The fraction of sp³-hybridized carbons (Fsp3) is 0.533. The van der Waals surface area contributed by atoms with Crippen molar-refractivity contribution in [2.45, 2.75) is 32.9 Å². The first-order chi connectivity index (χ1) is 9.56. The van der Waals surface area contributed by atoms with Gasteiger partial charge in [-0.25, -0.2) is 0 Å². The van der Waals surface area contributed by atoms with Crippen LogP contribution in [0.15, 0.2) is 18.2 Å². The van der Waals surface area contributed by atoms with Gasteiger partial charge in [0.2, 0.25) is 0 Å². The lowest BCUT2D eigenvalue weighted by Gasteiger charge is -2.26. The molecule has 0 fully saturated rings. The highest BCUT2D eigenvalue weighted by Crippen LogP contribution is 2.31. The van der Waals surface area contributed by atoms with E-state index in [4.69, 9.17) is 14.6 Å². The summed E-state index contributed by atoms with van der Waals surface area (Å²) in [6.45, 7) is 6.55. The molecule has 0 saturated heterocycles. The van der Waals surface area contributed by atoms with Gasteiger partial charge in [-0.3, -0.25) is 9.69 Å². The first kappa shape index (κ1) is 14.7. The number of hydrogen-bond acceptors (Lipinski definition) is 4. The third-order valence-electron chi connectivity index (χ3n) is 3.34. The number of fused-ring (bicyclic) bond motifs is 1. The zero-order valence-electron chi connectivity index (χ0n) is 12.0. The molecule has 1 heterocycles. The molecule has 0 radical (unpaired) electrons. The second-order valence-corrected chi connectivity index (χ2v) is 5.19. The zero-order chi connectivity index (χ0) is 14.5. The Balaban J connectivity index is 2.04. The van der Waals surface area contributed by atoms with Crippen molar-refractivity contribution in [3.63, 3.8) is 0 Å². The van der Waals surface area contributed by atoms with Crippen molar-refractivity contribution < 1.29 is 19.4 Å². The SMILES string of the molecule is CC(C)N(CCC(=O)O)Cc1ccc2c(c1)OCCO2. The Labute approximate surface area is 119 Å². The predicted octanol–water partition coefficient (Wildman–Crippen LogP) is 2.14. The molecule has 1 aliphatic rings. The molecule has 0 unspecified atom stereocenters. The average molecular weight is 279 g/mol. The summed E-state index contributed by atoms with van der Waals surface area (Å²) in [4.78, 5) is 12.8. The van der Waals surface area contributed by atoms with Gasteiger partial charge in [0, 0.05) is 19.1 Å². The molecule has 0 bridgehead atoms. The van der Waals surface area contributed by atoms with E-state index in [0.29, 0.717) is 32.3 Å². The van der Waals surface area contributed by atoms with Crippen LogP contribution >= 0.6 is 0 Å². The van der Waals surface area contributed by atoms with Gasteiger partial charge >= 0.3 is 5.97 Å². The van der Waals surface area contributed by atoms with E-state index in [1.165, 1.54) is 0 Å². The molecule has 110 valence electrons. The molecular formula is C15H21NO4. The molecule has 5 heteroatoms. The van der Waals surface area contributed by atoms with Crippen molar-refractivity contribution in [2.24, 2.45) is 0 Å². The van der Waals surface area contributed by atoms with Gasteiger partial charge in [0.15, 0.2) is 11.5 Å². The summed E-state index contributed by atoms with van der Waals surface area (Å²) in [5.74, 6) is 0.787. The molecule has 2 rings (SSSR count). The van der Waals surface area contributed by atoms with E-state index in [1.807, 2.05) is 18.2 Å². The first-order valence-electron chi connectivity index (χ1n) is 6.90. The van der Waals surface area contributed by atoms with Gasteiger partial charge < -0.3 is 14.6 Å². The lowest BCUT2D eigenvalue weighted by molar-refractivity contribution is -0.137. The summed E-state index contributed by atoms with van der Waals surface area (Å²) in [6, 6.07) is 6.19. The lowest BCUT2D eigenvalue weighted by atomic mass is 10.1. The van der Waals surface area contributed by atoms with Crippen LogP contribution in [0.5, 0.6) is 11.5 Å². The van der Waals surface area contributed by atoms with Gasteiger partial charge in [-0.05, 0) is 31.5 Å². The van der Waals surface area contributed by atoms with Crippen molar-refractivity contribution in [3.8, 4) is 11.5 Å².